The van der Waals surface area contributed by atoms with Crippen molar-refractivity contribution in [3.63, 3.8) is 0 Å². The van der Waals surface area contributed by atoms with Crippen LogP contribution in [0.5, 0.6) is 5.75 Å². The van der Waals surface area contributed by atoms with E-state index in [4.69, 9.17) is 0 Å². The first-order valence-corrected chi connectivity index (χ1v) is 6.84. The molecular weight excluding hydrogens is 236 g/mol. The largest absolute Gasteiger partial charge is 0.508 e. The highest BCUT2D eigenvalue weighted by Gasteiger charge is 2.45. The van der Waals surface area contributed by atoms with Crippen LogP contribution in [0, 0.1) is 5.41 Å². The minimum absolute atomic E-state index is 0.0631. The second kappa shape index (κ2) is 4.09. The number of Topliss-reactive ketones (excluding diaryl/α,β-unsaturated/α-hetero) is 1. The molecule has 2 heteroatoms. The summed E-state index contributed by atoms with van der Waals surface area (Å²) in [5.74, 6) is 0.449. The molecule has 0 aliphatic heterocycles. The SMILES string of the molecule is C=CC1=C2c3cc(O)ccc3CC2(CC)CCC1=O. The van der Waals surface area contributed by atoms with Crippen molar-refractivity contribution in [3.05, 3.63) is 47.6 Å². The Hall–Kier alpha value is -1.83. The lowest BCUT2D eigenvalue weighted by molar-refractivity contribution is -0.116. The van der Waals surface area contributed by atoms with Crippen molar-refractivity contribution >= 4 is 11.4 Å². The predicted octanol–water partition coefficient (Wildman–Crippen LogP) is 3.65. The molecule has 0 fully saturated rings. The van der Waals surface area contributed by atoms with Gasteiger partial charge in [0.05, 0.1) is 0 Å². The van der Waals surface area contributed by atoms with Gasteiger partial charge in [0.1, 0.15) is 5.75 Å². The van der Waals surface area contributed by atoms with E-state index in [9.17, 15) is 9.90 Å². The highest BCUT2D eigenvalue weighted by molar-refractivity contribution is 6.08. The molecule has 1 atom stereocenters. The minimum atomic E-state index is 0.0631. The summed E-state index contributed by atoms with van der Waals surface area (Å²) in [7, 11) is 0. The van der Waals surface area contributed by atoms with Crippen molar-refractivity contribution in [2.75, 3.05) is 0 Å². The van der Waals surface area contributed by atoms with E-state index in [-0.39, 0.29) is 16.9 Å². The van der Waals surface area contributed by atoms with Gasteiger partial charge in [-0.2, -0.15) is 0 Å². The zero-order valence-electron chi connectivity index (χ0n) is 11.2. The summed E-state index contributed by atoms with van der Waals surface area (Å²) >= 11 is 0. The summed E-state index contributed by atoms with van der Waals surface area (Å²) < 4.78 is 0. The first-order valence-electron chi connectivity index (χ1n) is 6.84. The maximum absolute atomic E-state index is 12.1. The Balaban J connectivity index is 2.32. The average molecular weight is 254 g/mol. The lowest BCUT2D eigenvalue weighted by atomic mass is 9.68. The fourth-order valence-corrected chi connectivity index (χ4v) is 3.66. The second-order valence-electron chi connectivity index (χ2n) is 5.57. The van der Waals surface area contributed by atoms with Crippen LogP contribution in [0.25, 0.3) is 5.57 Å². The Morgan fingerprint density at radius 1 is 1.47 bits per heavy atom. The van der Waals surface area contributed by atoms with Gasteiger partial charge >= 0.3 is 0 Å². The zero-order chi connectivity index (χ0) is 13.6. The number of carbonyl (C=O) groups is 1. The summed E-state index contributed by atoms with van der Waals surface area (Å²) in [6.45, 7) is 6.00. The molecule has 2 nitrogen and oxygen atoms in total. The number of rotatable bonds is 2. The lowest BCUT2D eigenvalue weighted by Gasteiger charge is -2.34. The second-order valence-corrected chi connectivity index (χ2v) is 5.57. The van der Waals surface area contributed by atoms with E-state index < -0.39 is 0 Å². The summed E-state index contributed by atoms with van der Waals surface area (Å²) in [5, 5.41) is 9.73. The molecule has 0 radical (unpaired) electrons. The number of phenols is 1. The molecule has 0 saturated carbocycles. The molecule has 1 aromatic carbocycles. The topological polar surface area (TPSA) is 37.3 Å². The van der Waals surface area contributed by atoms with E-state index >= 15 is 0 Å². The van der Waals surface area contributed by atoms with Gasteiger partial charge in [0.25, 0.3) is 0 Å². The molecule has 0 spiro atoms. The van der Waals surface area contributed by atoms with Crippen molar-refractivity contribution in [1.82, 2.24) is 0 Å². The third kappa shape index (κ3) is 1.59. The first-order chi connectivity index (χ1) is 9.11. The Morgan fingerprint density at radius 3 is 2.95 bits per heavy atom. The Labute approximate surface area is 113 Å². The van der Waals surface area contributed by atoms with Crippen LogP contribution in [0.4, 0.5) is 0 Å². The van der Waals surface area contributed by atoms with Gasteiger partial charge in [-0.05, 0) is 48.1 Å². The van der Waals surface area contributed by atoms with Crippen molar-refractivity contribution < 1.29 is 9.90 Å². The Kier molecular flexibility index (Phi) is 2.63. The van der Waals surface area contributed by atoms with E-state index in [1.807, 2.05) is 6.07 Å². The summed E-state index contributed by atoms with van der Waals surface area (Å²) in [5.41, 5.74) is 4.23. The Bertz CT molecular complexity index is 610. The molecule has 1 unspecified atom stereocenters. The van der Waals surface area contributed by atoms with Crippen LogP contribution in [0.15, 0.2) is 36.4 Å². The fraction of sp³-hybridized carbons (Fsp3) is 0.353. The van der Waals surface area contributed by atoms with E-state index in [1.165, 1.54) is 5.56 Å². The highest BCUT2D eigenvalue weighted by Crippen LogP contribution is 2.56. The lowest BCUT2D eigenvalue weighted by Crippen LogP contribution is -2.27. The third-order valence-corrected chi connectivity index (χ3v) is 4.70. The monoisotopic (exact) mass is 254 g/mol. The number of hydrogen-bond acceptors (Lipinski definition) is 2. The molecule has 98 valence electrons. The van der Waals surface area contributed by atoms with Gasteiger partial charge in [-0.3, -0.25) is 4.79 Å². The minimum Gasteiger partial charge on any atom is -0.508 e. The molecule has 2 aliphatic carbocycles. The van der Waals surface area contributed by atoms with Gasteiger partial charge in [0.2, 0.25) is 0 Å². The Morgan fingerprint density at radius 2 is 2.26 bits per heavy atom. The van der Waals surface area contributed by atoms with Crippen LogP contribution < -0.4 is 0 Å². The molecule has 0 heterocycles. The normalized spacial score (nSPS) is 25.2. The number of hydrogen-bond donors (Lipinski definition) is 1. The molecule has 0 aromatic heterocycles. The number of fused-ring (bicyclic) bond motifs is 3. The molecule has 0 bridgehead atoms. The van der Waals surface area contributed by atoms with Gasteiger partial charge in [-0.15, -0.1) is 0 Å². The average Bonchev–Trinajstić information content (AvgIpc) is 2.74. The summed E-state index contributed by atoms with van der Waals surface area (Å²) in [4.78, 5) is 12.1. The molecule has 1 aromatic rings. The van der Waals surface area contributed by atoms with Crippen molar-refractivity contribution in [2.45, 2.75) is 32.6 Å². The molecule has 1 N–H and O–H groups in total. The van der Waals surface area contributed by atoms with E-state index in [0.717, 1.165) is 36.0 Å². The van der Waals surface area contributed by atoms with Crippen molar-refractivity contribution in [3.8, 4) is 5.75 Å². The van der Waals surface area contributed by atoms with Gasteiger partial charge in [-0.25, -0.2) is 0 Å². The molecule has 0 saturated heterocycles. The van der Waals surface area contributed by atoms with Crippen LogP contribution in [0.3, 0.4) is 0 Å². The quantitative estimate of drug-likeness (QED) is 0.874. The van der Waals surface area contributed by atoms with E-state index in [1.54, 1.807) is 18.2 Å². The molecule has 19 heavy (non-hydrogen) atoms. The maximum Gasteiger partial charge on any atom is 0.163 e. The first kappa shape index (κ1) is 12.2. The van der Waals surface area contributed by atoms with Crippen LogP contribution in [-0.2, 0) is 11.2 Å². The van der Waals surface area contributed by atoms with Gasteiger partial charge in [-0.1, -0.05) is 25.6 Å². The molecule has 3 rings (SSSR count). The van der Waals surface area contributed by atoms with Gasteiger partial charge < -0.3 is 5.11 Å². The predicted molar refractivity (Wildman–Crippen MR) is 75.9 cm³/mol. The molecule has 0 amide bonds. The maximum atomic E-state index is 12.1. The fourth-order valence-electron chi connectivity index (χ4n) is 3.66. The van der Waals surface area contributed by atoms with Crippen LogP contribution in [0.1, 0.15) is 37.3 Å². The van der Waals surface area contributed by atoms with Crippen LogP contribution in [-0.4, -0.2) is 10.9 Å². The number of ketones is 1. The van der Waals surface area contributed by atoms with Crippen LogP contribution in [0.2, 0.25) is 0 Å². The summed E-state index contributed by atoms with van der Waals surface area (Å²) in [6, 6.07) is 5.51. The number of phenolic OH excluding ortho intramolecular Hbond substituents is 1. The van der Waals surface area contributed by atoms with Crippen molar-refractivity contribution in [2.24, 2.45) is 5.41 Å². The van der Waals surface area contributed by atoms with Gasteiger partial charge in [0, 0.05) is 17.4 Å². The number of aromatic hydroxyl groups is 1. The molecular formula is C17H18O2. The zero-order valence-corrected chi connectivity index (χ0v) is 11.2. The highest BCUT2D eigenvalue weighted by atomic mass is 16.3. The number of carbonyl (C=O) groups excluding carboxylic acids is 1. The number of allylic oxidation sites excluding steroid dienone is 3. The number of benzene rings is 1. The molecule has 2 aliphatic rings. The summed E-state index contributed by atoms with van der Waals surface area (Å²) in [6.07, 6.45) is 5.20. The third-order valence-electron chi connectivity index (χ3n) is 4.70. The van der Waals surface area contributed by atoms with Gasteiger partial charge in [0.15, 0.2) is 5.78 Å². The standard InChI is InChI=1S/C17H18O2/c1-3-13-15(19)7-8-17(4-2)10-11-5-6-12(18)9-14(11)16(13)17/h3,5-6,9,18H,1,4,7-8,10H2,2H3. The van der Waals surface area contributed by atoms with E-state index in [0.29, 0.717) is 6.42 Å². The van der Waals surface area contributed by atoms with Crippen molar-refractivity contribution in [1.29, 1.82) is 0 Å². The van der Waals surface area contributed by atoms with E-state index in [2.05, 4.69) is 13.5 Å². The smallest absolute Gasteiger partial charge is 0.163 e. The van der Waals surface area contributed by atoms with Crippen LogP contribution >= 0.6 is 0 Å².